The van der Waals surface area contributed by atoms with Gasteiger partial charge in [0.05, 0.1) is 31.7 Å². The number of aromatic nitrogens is 2. The minimum atomic E-state index is -1.19. The fourth-order valence-corrected chi connectivity index (χ4v) is 3.98. The number of quaternary nitrogens is 1. The lowest BCUT2D eigenvalue weighted by molar-refractivity contribution is -0.268. The van der Waals surface area contributed by atoms with Crippen LogP contribution in [0, 0.1) is 0 Å². The van der Waals surface area contributed by atoms with Gasteiger partial charge in [-0.2, -0.15) is 5.10 Å². The smallest absolute Gasteiger partial charge is 0.315 e. The number of amides is 2. The quantitative estimate of drug-likeness (QED) is 0.853. The normalized spacial score (nSPS) is 24.8. The van der Waals surface area contributed by atoms with Gasteiger partial charge in [0.15, 0.2) is 0 Å². The molecule has 1 N–H and O–H groups in total. The Balaban J connectivity index is 2.22. The van der Waals surface area contributed by atoms with Gasteiger partial charge in [0.25, 0.3) is 0 Å². The van der Waals surface area contributed by atoms with Crippen molar-refractivity contribution in [3.05, 3.63) is 36.0 Å². The van der Waals surface area contributed by atoms with E-state index in [4.69, 9.17) is 0 Å². The van der Waals surface area contributed by atoms with E-state index in [9.17, 15) is 14.7 Å². The summed E-state index contributed by atoms with van der Waals surface area (Å²) in [6.45, 7) is 5.70. The zero-order chi connectivity index (χ0) is 19.1. The summed E-state index contributed by atoms with van der Waals surface area (Å²) in [6, 6.07) is 7.30. The van der Waals surface area contributed by atoms with Gasteiger partial charge in [-0.05, 0) is 32.0 Å². The van der Waals surface area contributed by atoms with Crippen molar-refractivity contribution in [1.82, 2.24) is 19.6 Å². The molecule has 138 valence electrons. The molecule has 1 aromatic heterocycles. The molecule has 0 bridgehead atoms. The lowest BCUT2D eigenvalue weighted by Crippen LogP contribution is -2.60. The predicted molar refractivity (Wildman–Crippen MR) is 97.0 cm³/mol. The standard InChI is InChI=1S/C19H24N4O3/c1-5-22(19(25)26)17-10-12(2)23(4,13(3)24)18-7-6-14(11-15(17)18)16-8-9-20-21-16/h6-9,11-12,17H,5,10H2,1-4H3,(H-,20,21,25,26)/t12-,17?,23+/m0/s1. The molecule has 0 radical (unpaired) electrons. The fraction of sp³-hybridized carbons (Fsp3) is 0.421. The van der Waals surface area contributed by atoms with Crippen molar-refractivity contribution in [2.45, 2.75) is 39.3 Å². The van der Waals surface area contributed by atoms with E-state index in [0.29, 0.717) is 13.0 Å². The van der Waals surface area contributed by atoms with E-state index in [1.54, 1.807) is 20.0 Å². The van der Waals surface area contributed by atoms with Crippen molar-refractivity contribution >= 4 is 17.7 Å². The molecule has 2 aromatic rings. The van der Waals surface area contributed by atoms with E-state index in [1.807, 2.05) is 38.2 Å². The van der Waals surface area contributed by atoms with Crippen molar-refractivity contribution in [2.75, 3.05) is 13.6 Å². The third kappa shape index (κ3) is 2.68. The number of carbonyl (C=O) groups excluding carboxylic acids is 2. The van der Waals surface area contributed by atoms with Crippen LogP contribution in [0.5, 0.6) is 0 Å². The minimum Gasteiger partial charge on any atom is -0.530 e. The number of hydrogen-bond acceptors (Lipinski definition) is 4. The van der Waals surface area contributed by atoms with E-state index >= 15 is 0 Å². The monoisotopic (exact) mass is 356 g/mol. The molecule has 2 heterocycles. The lowest BCUT2D eigenvalue weighted by atomic mass is 9.87. The number of nitrogens with one attached hydrogen (secondary N) is 1. The Labute approximate surface area is 152 Å². The zero-order valence-electron chi connectivity index (χ0n) is 15.5. The Morgan fingerprint density at radius 1 is 1.38 bits per heavy atom. The van der Waals surface area contributed by atoms with Crippen molar-refractivity contribution in [3.8, 4) is 11.3 Å². The van der Waals surface area contributed by atoms with E-state index in [2.05, 4.69) is 10.2 Å². The molecule has 0 saturated heterocycles. The number of hydrogen-bond donors (Lipinski definition) is 1. The Morgan fingerprint density at radius 2 is 2.12 bits per heavy atom. The van der Waals surface area contributed by atoms with Gasteiger partial charge >= 0.3 is 5.91 Å². The topological polar surface area (TPSA) is 89.1 Å². The second-order valence-corrected chi connectivity index (χ2v) is 6.99. The molecule has 1 aliphatic rings. The van der Waals surface area contributed by atoms with E-state index in [1.165, 1.54) is 4.90 Å². The number of nitrogens with zero attached hydrogens (tertiary/aromatic N) is 3. The summed E-state index contributed by atoms with van der Waals surface area (Å²) in [5.41, 5.74) is 3.44. The molecule has 7 heteroatoms. The summed E-state index contributed by atoms with van der Waals surface area (Å²) in [5, 5.41) is 18.6. The highest BCUT2D eigenvalue weighted by Gasteiger charge is 2.47. The fourth-order valence-electron chi connectivity index (χ4n) is 3.98. The van der Waals surface area contributed by atoms with Gasteiger partial charge in [0.2, 0.25) is 0 Å². The van der Waals surface area contributed by atoms with Crippen LogP contribution >= 0.6 is 0 Å². The van der Waals surface area contributed by atoms with Gasteiger partial charge in [-0.15, -0.1) is 0 Å². The third-order valence-electron chi connectivity index (χ3n) is 5.75. The SMILES string of the molecule is CCN(C(=O)[O-])C1C[C@H](C)[N@+](C)(C(C)=O)c2ccc(-c3ccn[nH]3)cc21. The van der Waals surface area contributed by atoms with Crippen LogP contribution in [0.2, 0.25) is 0 Å². The molecule has 1 unspecified atom stereocenters. The highest BCUT2D eigenvalue weighted by molar-refractivity contribution is 5.89. The number of aromatic amines is 1. The number of rotatable bonds is 3. The van der Waals surface area contributed by atoms with Crippen LogP contribution in [-0.2, 0) is 4.79 Å². The zero-order valence-corrected chi connectivity index (χ0v) is 15.5. The Kier molecular flexibility index (Phi) is 4.58. The largest absolute Gasteiger partial charge is 0.530 e. The van der Waals surface area contributed by atoms with Gasteiger partial charge in [-0.1, -0.05) is 0 Å². The molecule has 0 aliphatic carbocycles. The summed E-state index contributed by atoms with van der Waals surface area (Å²) >= 11 is 0. The minimum absolute atomic E-state index is 0.0305. The van der Waals surface area contributed by atoms with E-state index in [-0.39, 0.29) is 22.5 Å². The maximum atomic E-state index is 12.5. The van der Waals surface area contributed by atoms with Gasteiger partial charge in [-0.25, -0.2) is 9.28 Å². The molecule has 3 atom stereocenters. The van der Waals surface area contributed by atoms with Crippen molar-refractivity contribution in [1.29, 1.82) is 0 Å². The van der Waals surface area contributed by atoms with Crippen molar-refractivity contribution in [3.63, 3.8) is 0 Å². The van der Waals surface area contributed by atoms with Crippen LogP contribution in [-0.4, -0.2) is 46.7 Å². The number of carbonyl (C=O) groups is 2. The van der Waals surface area contributed by atoms with Crippen molar-refractivity contribution in [2.24, 2.45) is 0 Å². The highest BCUT2D eigenvalue weighted by atomic mass is 16.4. The number of fused-ring (bicyclic) bond motifs is 1. The number of carboxylic acid groups (broad SMARTS) is 1. The van der Waals surface area contributed by atoms with Crippen LogP contribution in [0.1, 0.15) is 38.8 Å². The first-order valence-corrected chi connectivity index (χ1v) is 8.79. The molecule has 26 heavy (non-hydrogen) atoms. The number of benzene rings is 1. The first kappa shape index (κ1) is 18.1. The second kappa shape index (κ2) is 6.57. The van der Waals surface area contributed by atoms with Crippen LogP contribution in [0.3, 0.4) is 0 Å². The van der Waals surface area contributed by atoms with E-state index < -0.39 is 6.09 Å². The Morgan fingerprint density at radius 3 is 2.65 bits per heavy atom. The molecule has 3 rings (SSSR count). The molecule has 1 aliphatic heterocycles. The van der Waals surface area contributed by atoms with Gasteiger partial charge in [0, 0.05) is 36.4 Å². The first-order valence-electron chi connectivity index (χ1n) is 8.79. The highest BCUT2D eigenvalue weighted by Crippen LogP contribution is 2.45. The maximum Gasteiger partial charge on any atom is 0.315 e. The van der Waals surface area contributed by atoms with Gasteiger partial charge in [0.1, 0.15) is 11.8 Å². The van der Waals surface area contributed by atoms with E-state index in [0.717, 1.165) is 22.5 Å². The molecule has 7 nitrogen and oxygen atoms in total. The van der Waals surface area contributed by atoms with Gasteiger partial charge in [-0.3, -0.25) is 5.10 Å². The first-order chi connectivity index (χ1) is 12.3. The summed E-state index contributed by atoms with van der Waals surface area (Å²) in [6.07, 6.45) is 1.03. The van der Waals surface area contributed by atoms with Crippen LogP contribution in [0.25, 0.3) is 11.3 Å². The predicted octanol–water partition coefficient (Wildman–Crippen LogP) is 2.06. The average molecular weight is 356 g/mol. The molecule has 0 saturated carbocycles. The molecule has 0 spiro atoms. The summed E-state index contributed by atoms with van der Waals surface area (Å²) in [4.78, 5) is 25.5. The Bertz CT molecular complexity index is 833. The maximum absolute atomic E-state index is 12.5. The summed E-state index contributed by atoms with van der Waals surface area (Å²) in [5.74, 6) is 0.0305. The van der Waals surface area contributed by atoms with Crippen LogP contribution in [0.4, 0.5) is 10.5 Å². The lowest BCUT2D eigenvalue weighted by Gasteiger charge is -2.46. The third-order valence-corrected chi connectivity index (χ3v) is 5.75. The molecule has 2 amide bonds. The number of H-pyrrole nitrogens is 1. The molecule has 0 fully saturated rings. The summed E-state index contributed by atoms with van der Waals surface area (Å²) in [7, 11) is 1.90. The Hall–Kier alpha value is -2.67. The average Bonchev–Trinajstić information content (AvgIpc) is 3.13. The van der Waals surface area contributed by atoms with Crippen molar-refractivity contribution < 1.29 is 14.7 Å². The molecular formula is C19H24N4O3. The van der Waals surface area contributed by atoms with Gasteiger partial charge < -0.3 is 14.8 Å². The van der Waals surface area contributed by atoms with Crippen LogP contribution < -0.4 is 9.59 Å². The van der Waals surface area contributed by atoms with Crippen LogP contribution in [0.15, 0.2) is 30.5 Å². The summed E-state index contributed by atoms with van der Waals surface area (Å²) < 4.78 is 0.152. The molecule has 1 aromatic carbocycles. The second-order valence-electron chi connectivity index (χ2n) is 6.99. The molecular weight excluding hydrogens is 332 g/mol.